The van der Waals surface area contributed by atoms with E-state index < -0.39 is 11.9 Å². The Hall–Kier alpha value is -2.22. The molecule has 172 valence electrons. The van der Waals surface area contributed by atoms with Crippen LogP contribution in [-0.4, -0.2) is 57.2 Å². The van der Waals surface area contributed by atoms with Crippen molar-refractivity contribution in [3.05, 3.63) is 12.2 Å². The summed E-state index contributed by atoms with van der Waals surface area (Å²) in [6.45, 7) is 1.92. The Morgan fingerprint density at radius 3 is 1.53 bits per heavy atom. The third kappa shape index (κ3) is 20.5. The molecule has 0 unspecified atom stereocenters. The van der Waals surface area contributed by atoms with Gasteiger partial charge < -0.3 is 23.7 Å². The average Bonchev–Trinajstić information content (AvgIpc) is 2.71. The number of esters is 3. The number of unbranched alkanes of at least 4 members (excludes halogenated alkanes) is 7. The zero-order chi connectivity index (χ0) is 22.5. The van der Waals surface area contributed by atoms with Crippen LogP contribution in [0.1, 0.15) is 71.1 Å². The second kappa shape index (κ2) is 20.1. The van der Waals surface area contributed by atoms with Crippen LogP contribution in [0.3, 0.4) is 0 Å². The van der Waals surface area contributed by atoms with E-state index in [0.29, 0.717) is 12.8 Å². The first-order chi connectivity index (χ1) is 14.5. The Morgan fingerprint density at radius 2 is 1.03 bits per heavy atom. The largest absolute Gasteiger partial charge is 0.462 e. The minimum Gasteiger partial charge on any atom is -0.462 e. The summed E-state index contributed by atoms with van der Waals surface area (Å²) in [4.78, 5) is 45.1. The van der Waals surface area contributed by atoms with Gasteiger partial charge in [-0.2, -0.15) is 0 Å². The van der Waals surface area contributed by atoms with Gasteiger partial charge in [0.25, 0.3) is 0 Å². The Morgan fingerprint density at radius 1 is 0.600 bits per heavy atom. The fraction of sp³-hybridized carbons (Fsp3) is 0.727. The molecule has 8 nitrogen and oxygen atoms in total. The zero-order valence-corrected chi connectivity index (χ0v) is 18.3. The van der Waals surface area contributed by atoms with Crippen molar-refractivity contribution < 1.29 is 38.1 Å². The van der Waals surface area contributed by atoms with Crippen molar-refractivity contribution in [3.8, 4) is 0 Å². The molecule has 0 heterocycles. The predicted octanol–water partition coefficient (Wildman–Crippen LogP) is 3.31. The molecule has 0 bridgehead atoms. The van der Waals surface area contributed by atoms with E-state index in [4.69, 9.17) is 18.9 Å². The van der Waals surface area contributed by atoms with Crippen LogP contribution in [-0.2, 0) is 38.1 Å². The maximum Gasteiger partial charge on any atom is 0.331 e. The molecule has 0 saturated carbocycles. The number of carbonyl (C=O) groups excluding carboxylic acids is 4. The van der Waals surface area contributed by atoms with Crippen LogP contribution < -0.4 is 0 Å². The van der Waals surface area contributed by atoms with Gasteiger partial charge in [-0.1, -0.05) is 38.5 Å². The van der Waals surface area contributed by atoms with Gasteiger partial charge in [0.05, 0.1) is 6.61 Å². The number of ether oxygens (including phenoxy) is 4. The number of hydrogen-bond acceptors (Lipinski definition) is 8. The highest BCUT2D eigenvalue weighted by Gasteiger charge is 2.05. The molecule has 8 heteroatoms. The van der Waals surface area contributed by atoms with E-state index in [1.54, 1.807) is 6.92 Å². The van der Waals surface area contributed by atoms with Crippen molar-refractivity contribution in [2.45, 2.75) is 71.1 Å². The van der Waals surface area contributed by atoms with Crippen molar-refractivity contribution >= 4 is 23.7 Å². The van der Waals surface area contributed by atoms with Crippen LogP contribution in [0.2, 0.25) is 0 Å². The highest BCUT2D eigenvalue weighted by atomic mass is 16.6. The summed E-state index contributed by atoms with van der Waals surface area (Å²) in [6, 6.07) is 0. The number of Topliss-reactive ketones (excluding diaryl/α,β-unsaturated/α-hetero) is 1. The molecule has 0 rings (SSSR count). The summed E-state index contributed by atoms with van der Waals surface area (Å²) < 4.78 is 19.3. The molecule has 0 aromatic heterocycles. The molecule has 0 radical (unpaired) electrons. The normalized spacial score (nSPS) is 10.7. The third-order valence-corrected chi connectivity index (χ3v) is 4.14. The van der Waals surface area contributed by atoms with Gasteiger partial charge in [0.15, 0.2) is 0 Å². The van der Waals surface area contributed by atoms with Crippen molar-refractivity contribution in [1.82, 2.24) is 0 Å². The first kappa shape index (κ1) is 27.8. The van der Waals surface area contributed by atoms with Crippen molar-refractivity contribution in [2.24, 2.45) is 0 Å². The molecule has 0 amide bonds. The van der Waals surface area contributed by atoms with E-state index in [1.807, 2.05) is 0 Å². The molecule has 0 spiro atoms. The number of ketones is 1. The third-order valence-electron chi connectivity index (χ3n) is 4.14. The van der Waals surface area contributed by atoms with Crippen LogP contribution in [0.4, 0.5) is 0 Å². The summed E-state index contributed by atoms with van der Waals surface area (Å²) in [5.74, 6) is -1.43. The van der Waals surface area contributed by atoms with Crippen LogP contribution in [0.25, 0.3) is 0 Å². The van der Waals surface area contributed by atoms with Gasteiger partial charge in [-0.05, 0) is 19.8 Å². The quantitative estimate of drug-likeness (QED) is 0.134. The number of rotatable bonds is 19. The molecule has 0 aliphatic carbocycles. The van der Waals surface area contributed by atoms with Gasteiger partial charge in [-0.3, -0.25) is 4.79 Å². The molecule has 30 heavy (non-hydrogen) atoms. The zero-order valence-electron chi connectivity index (χ0n) is 18.3. The highest BCUT2D eigenvalue weighted by Crippen LogP contribution is 2.11. The van der Waals surface area contributed by atoms with Crippen molar-refractivity contribution in [3.63, 3.8) is 0 Å². The first-order valence-corrected chi connectivity index (χ1v) is 10.6. The van der Waals surface area contributed by atoms with E-state index in [0.717, 1.165) is 63.5 Å². The first-order valence-electron chi connectivity index (χ1n) is 10.6. The molecule has 0 aliphatic rings. The topological polar surface area (TPSA) is 105 Å². The Bertz CT molecular complexity index is 527. The second-order valence-corrected chi connectivity index (χ2v) is 6.91. The molecule has 0 saturated heterocycles. The van der Waals surface area contributed by atoms with E-state index in [9.17, 15) is 19.2 Å². The maximum absolute atomic E-state index is 11.6. The lowest BCUT2D eigenvalue weighted by atomic mass is 10.1. The monoisotopic (exact) mass is 428 g/mol. The molecule has 0 aromatic rings. The minimum absolute atomic E-state index is 0.0169. The molecule has 0 N–H and O–H groups in total. The second-order valence-electron chi connectivity index (χ2n) is 6.91. The van der Waals surface area contributed by atoms with Gasteiger partial charge in [-0.25, -0.2) is 9.59 Å². The molecular weight excluding hydrogens is 392 g/mol. The predicted molar refractivity (Wildman–Crippen MR) is 111 cm³/mol. The fourth-order valence-electron chi connectivity index (χ4n) is 2.53. The molecular formula is C22H36O8. The summed E-state index contributed by atoms with van der Waals surface area (Å²) in [5, 5.41) is 0. The van der Waals surface area contributed by atoms with Crippen molar-refractivity contribution in [2.75, 3.05) is 33.5 Å². The summed E-state index contributed by atoms with van der Waals surface area (Å²) in [7, 11) is 1.48. The van der Waals surface area contributed by atoms with E-state index in [1.165, 1.54) is 7.11 Å². The van der Waals surface area contributed by atoms with E-state index >= 15 is 0 Å². The van der Waals surface area contributed by atoms with Gasteiger partial charge >= 0.3 is 17.9 Å². The van der Waals surface area contributed by atoms with Gasteiger partial charge in [0, 0.05) is 32.1 Å². The fourth-order valence-corrected chi connectivity index (χ4v) is 2.53. The standard InChI is InChI=1S/C22H36O8/c1-19(23)11-9-7-5-3-4-6-8-10-12-20(24)29-17-18-30-22(26)14-13-21(25)28-16-15-27-2/h13-14H,3-12,15-18H2,1-2H3/b14-13+. The summed E-state index contributed by atoms with van der Waals surface area (Å²) in [5.41, 5.74) is 0. The smallest absolute Gasteiger partial charge is 0.331 e. The lowest BCUT2D eigenvalue weighted by molar-refractivity contribution is -0.149. The van der Waals surface area contributed by atoms with Crippen molar-refractivity contribution in [1.29, 1.82) is 0 Å². The number of carbonyl (C=O) groups is 4. The average molecular weight is 429 g/mol. The molecule has 0 atom stereocenters. The lowest BCUT2D eigenvalue weighted by Crippen LogP contribution is -2.13. The summed E-state index contributed by atoms with van der Waals surface area (Å²) >= 11 is 0. The van der Waals surface area contributed by atoms with Crippen LogP contribution in [0, 0.1) is 0 Å². The molecule has 0 fully saturated rings. The van der Waals surface area contributed by atoms with Gasteiger partial charge in [0.1, 0.15) is 25.6 Å². The Kier molecular flexibility index (Phi) is 18.6. The SMILES string of the molecule is COCCOC(=O)/C=C/C(=O)OCCOC(=O)CCCCCCCCCCC(C)=O. The minimum atomic E-state index is -0.712. The maximum atomic E-state index is 11.6. The van der Waals surface area contributed by atoms with Gasteiger partial charge in [-0.15, -0.1) is 0 Å². The Balaban J connectivity index is 3.49. The van der Waals surface area contributed by atoms with E-state index in [2.05, 4.69) is 0 Å². The number of hydrogen-bond donors (Lipinski definition) is 0. The van der Waals surface area contributed by atoms with Crippen LogP contribution in [0.5, 0.6) is 0 Å². The summed E-state index contributed by atoms with van der Waals surface area (Å²) in [6.07, 6.45) is 11.3. The number of methoxy groups -OCH3 is 1. The molecule has 0 aliphatic heterocycles. The van der Waals surface area contributed by atoms with E-state index in [-0.39, 0.29) is 38.2 Å². The van der Waals surface area contributed by atoms with Crippen LogP contribution in [0.15, 0.2) is 12.2 Å². The van der Waals surface area contributed by atoms with Crippen LogP contribution >= 0.6 is 0 Å². The highest BCUT2D eigenvalue weighted by molar-refractivity contribution is 5.91. The molecule has 0 aromatic carbocycles. The Labute approximate surface area is 179 Å². The lowest BCUT2D eigenvalue weighted by Gasteiger charge is -2.05. The van der Waals surface area contributed by atoms with Gasteiger partial charge in [0.2, 0.25) is 0 Å².